The number of benzene rings is 2. The zero-order chi connectivity index (χ0) is 35.2. The lowest BCUT2D eigenvalue weighted by atomic mass is 10.0. The molecule has 13 nitrogen and oxygen atoms in total. The Labute approximate surface area is 269 Å². The molecule has 0 unspecified atom stereocenters. The molecule has 4 rings (SSSR count). The van der Waals surface area contributed by atoms with Crippen molar-refractivity contribution in [3.8, 4) is 11.1 Å². The second kappa shape index (κ2) is 15.6. The van der Waals surface area contributed by atoms with Crippen LogP contribution in [0.25, 0.3) is 28.1 Å². The van der Waals surface area contributed by atoms with Gasteiger partial charge in [0.15, 0.2) is 0 Å². The van der Waals surface area contributed by atoms with E-state index in [1.54, 1.807) is 24.3 Å². The predicted molar refractivity (Wildman–Crippen MR) is 173 cm³/mol. The summed E-state index contributed by atoms with van der Waals surface area (Å²) < 4.78 is 37.7. The summed E-state index contributed by atoms with van der Waals surface area (Å²) in [6.45, 7) is 4.12. The van der Waals surface area contributed by atoms with Gasteiger partial charge < -0.3 is 44.6 Å². The smallest absolute Gasteiger partial charge is 0.369 e. The molecular weight excluding hydrogens is 657 g/mol. The summed E-state index contributed by atoms with van der Waals surface area (Å²) in [6.07, 6.45) is 2.36. The van der Waals surface area contributed by atoms with E-state index < -0.39 is 51.3 Å². The number of pyridine rings is 1. The summed E-state index contributed by atoms with van der Waals surface area (Å²) >= 11 is 0. The fourth-order valence-corrected chi connectivity index (χ4v) is 7.05. The van der Waals surface area contributed by atoms with Gasteiger partial charge in [-0.3, -0.25) is 18.9 Å². The summed E-state index contributed by atoms with van der Waals surface area (Å²) in [5.41, 5.74) is 3.75. The Morgan fingerprint density at radius 1 is 0.979 bits per heavy atom. The van der Waals surface area contributed by atoms with E-state index in [2.05, 4.69) is 23.4 Å². The van der Waals surface area contributed by atoms with Gasteiger partial charge in [-0.25, -0.2) is 4.39 Å². The third-order valence-corrected chi connectivity index (χ3v) is 10.8. The molecule has 0 bridgehead atoms. The number of para-hydroxylation sites is 1. The van der Waals surface area contributed by atoms with Gasteiger partial charge in [0.2, 0.25) is 0 Å². The van der Waals surface area contributed by atoms with Gasteiger partial charge in [0.25, 0.3) is 5.08 Å². The highest BCUT2D eigenvalue weighted by Gasteiger charge is 2.59. The van der Waals surface area contributed by atoms with E-state index in [0.29, 0.717) is 0 Å². The van der Waals surface area contributed by atoms with E-state index in [1.807, 2.05) is 24.3 Å². The molecular formula is C31H37FN2O11P2. The SMILES string of the molecule is CC(C)n1c(/C=C/[C@H](O)C[C@H](O)CC(=O)O)c(-c2ccc(F)cc2)c2ccccc21.O=P(O)(O)C(O)(Cc1cccnc1)P(=O)(O)O. The van der Waals surface area contributed by atoms with Crippen molar-refractivity contribution in [2.75, 3.05) is 0 Å². The number of fused-ring (bicyclic) bond motifs is 1. The van der Waals surface area contributed by atoms with E-state index in [-0.39, 0.29) is 23.8 Å². The number of carboxylic acids is 1. The van der Waals surface area contributed by atoms with Crippen LogP contribution in [-0.4, -0.2) is 72.8 Å². The van der Waals surface area contributed by atoms with Gasteiger partial charge in [-0.05, 0) is 55.3 Å². The lowest BCUT2D eigenvalue weighted by molar-refractivity contribution is -0.139. The standard InChI is InChI=1S/C24H26FNO4.C7H11NO7P2/c1-15(2)26-21-6-4-3-5-20(21)24(16-7-9-17(25)10-8-16)22(26)12-11-18(27)13-19(28)14-23(29)30;9-7(16(10,11)12,17(13,14)15)4-6-2-1-3-8-5-6/h3-12,15,18-19,27-28H,13-14H2,1-2H3,(H,29,30);1-3,5,9H,4H2,(H2,10,11,12)(H2,13,14,15)/b12-11+;/t18-,19-;/m0./s1. The molecule has 0 amide bonds. The molecule has 0 saturated carbocycles. The van der Waals surface area contributed by atoms with Crippen LogP contribution in [-0.2, 0) is 20.3 Å². The van der Waals surface area contributed by atoms with Gasteiger partial charge in [-0.15, -0.1) is 0 Å². The number of aliphatic hydroxyl groups excluding tert-OH is 2. The van der Waals surface area contributed by atoms with E-state index in [4.69, 9.17) is 24.7 Å². The minimum absolute atomic E-state index is 0.0728. The van der Waals surface area contributed by atoms with Crippen molar-refractivity contribution in [2.24, 2.45) is 0 Å². The Kier molecular flexibility index (Phi) is 12.6. The van der Waals surface area contributed by atoms with Gasteiger partial charge in [0.1, 0.15) is 5.82 Å². The minimum atomic E-state index is -5.41. The van der Waals surface area contributed by atoms with Crippen LogP contribution in [0.4, 0.5) is 4.39 Å². The molecule has 0 aliphatic heterocycles. The summed E-state index contributed by atoms with van der Waals surface area (Å²) in [6, 6.07) is 17.1. The Morgan fingerprint density at radius 2 is 1.60 bits per heavy atom. The summed E-state index contributed by atoms with van der Waals surface area (Å²) in [4.78, 5) is 49.9. The van der Waals surface area contributed by atoms with E-state index in [9.17, 15) is 33.6 Å². The van der Waals surface area contributed by atoms with E-state index >= 15 is 0 Å². The highest BCUT2D eigenvalue weighted by molar-refractivity contribution is 7.72. The number of halogens is 1. The van der Waals surface area contributed by atoms with Crippen molar-refractivity contribution in [2.45, 2.75) is 56.4 Å². The monoisotopic (exact) mass is 694 g/mol. The first kappa shape index (κ1) is 37.9. The number of aliphatic carboxylic acids is 1. The largest absolute Gasteiger partial charge is 0.481 e. The Morgan fingerprint density at radius 3 is 2.13 bits per heavy atom. The van der Waals surface area contributed by atoms with Crippen LogP contribution in [0.5, 0.6) is 0 Å². The van der Waals surface area contributed by atoms with Gasteiger partial charge in [-0.2, -0.15) is 0 Å². The first-order valence-electron chi connectivity index (χ1n) is 14.2. The summed E-state index contributed by atoms with van der Waals surface area (Å²) in [5, 5.41) is 36.0. The van der Waals surface area contributed by atoms with Crippen molar-refractivity contribution in [3.05, 3.63) is 96.2 Å². The molecule has 2 atom stereocenters. The van der Waals surface area contributed by atoms with Crippen molar-refractivity contribution >= 4 is 38.1 Å². The molecule has 16 heteroatoms. The third kappa shape index (κ3) is 9.51. The summed E-state index contributed by atoms with van der Waals surface area (Å²) in [7, 11) is -10.8. The number of carbonyl (C=O) groups is 1. The fourth-order valence-electron chi connectivity index (χ4n) is 4.92. The Bertz CT molecular complexity index is 1760. The lowest BCUT2D eigenvalue weighted by Gasteiger charge is -2.29. The van der Waals surface area contributed by atoms with Gasteiger partial charge in [-0.1, -0.05) is 42.5 Å². The fraction of sp³-hybridized carbons (Fsp3) is 0.290. The predicted octanol–water partition coefficient (Wildman–Crippen LogP) is 4.25. The number of rotatable bonds is 12. The highest BCUT2D eigenvalue weighted by atomic mass is 31.2. The van der Waals surface area contributed by atoms with Crippen molar-refractivity contribution < 1.29 is 58.3 Å². The van der Waals surface area contributed by atoms with Crippen LogP contribution < -0.4 is 0 Å². The molecule has 2 aromatic heterocycles. The molecule has 4 aromatic rings. The van der Waals surface area contributed by atoms with Gasteiger partial charge in [0.05, 0.1) is 18.6 Å². The molecule has 47 heavy (non-hydrogen) atoms. The van der Waals surface area contributed by atoms with Gasteiger partial charge >= 0.3 is 21.2 Å². The first-order valence-corrected chi connectivity index (χ1v) is 17.5. The molecule has 8 N–H and O–H groups in total. The van der Waals surface area contributed by atoms with Crippen molar-refractivity contribution in [1.29, 1.82) is 0 Å². The quantitative estimate of drug-likeness (QED) is 0.0973. The molecule has 0 spiro atoms. The molecule has 2 aromatic carbocycles. The number of hydrogen-bond donors (Lipinski definition) is 8. The molecule has 2 heterocycles. The average molecular weight is 695 g/mol. The first-order chi connectivity index (χ1) is 21.9. The van der Waals surface area contributed by atoms with Crippen LogP contribution >= 0.6 is 15.2 Å². The van der Waals surface area contributed by atoms with Gasteiger partial charge in [0, 0.05) is 53.4 Å². The van der Waals surface area contributed by atoms with Crippen molar-refractivity contribution in [3.63, 3.8) is 0 Å². The average Bonchev–Trinajstić information content (AvgIpc) is 3.30. The number of hydrogen-bond acceptors (Lipinski definition) is 7. The second-order valence-electron chi connectivity index (χ2n) is 11.1. The normalized spacial score (nSPS) is 13.9. The molecule has 0 radical (unpaired) electrons. The lowest BCUT2D eigenvalue weighted by Crippen LogP contribution is -2.31. The highest BCUT2D eigenvalue weighted by Crippen LogP contribution is 2.68. The molecule has 0 saturated heterocycles. The molecule has 0 aliphatic carbocycles. The van der Waals surface area contributed by atoms with Crippen LogP contribution in [0.1, 0.15) is 44.0 Å². The van der Waals surface area contributed by atoms with Crippen LogP contribution in [0.3, 0.4) is 0 Å². The molecule has 0 fully saturated rings. The maximum atomic E-state index is 13.5. The zero-order valence-corrected chi connectivity index (χ0v) is 27.2. The number of carboxylic acid groups (broad SMARTS) is 1. The van der Waals surface area contributed by atoms with Crippen LogP contribution in [0, 0.1) is 5.82 Å². The van der Waals surface area contributed by atoms with E-state index in [1.165, 1.54) is 30.5 Å². The van der Waals surface area contributed by atoms with Crippen LogP contribution in [0.15, 0.2) is 79.1 Å². The molecule has 254 valence electrons. The maximum absolute atomic E-state index is 13.5. The maximum Gasteiger partial charge on any atom is 0.369 e. The molecule has 0 aliphatic rings. The van der Waals surface area contributed by atoms with Crippen molar-refractivity contribution in [1.82, 2.24) is 9.55 Å². The topological polar surface area (TPSA) is 231 Å². The number of aromatic nitrogens is 2. The minimum Gasteiger partial charge on any atom is -0.481 e. The van der Waals surface area contributed by atoms with E-state index in [0.717, 1.165) is 33.9 Å². The Balaban J connectivity index is 0.000000300. The number of aliphatic hydroxyl groups is 3. The number of nitrogens with zero attached hydrogens (tertiary/aromatic N) is 2. The third-order valence-electron chi connectivity index (χ3n) is 7.10. The summed E-state index contributed by atoms with van der Waals surface area (Å²) in [5.74, 6) is -1.43. The second-order valence-corrected chi connectivity index (χ2v) is 15.1. The van der Waals surface area contributed by atoms with Crippen LogP contribution in [0.2, 0.25) is 0 Å². The zero-order valence-electron chi connectivity index (χ0n) is 25.4. The Hall–Kier alpha value is -3.55.